The maximum Gasteiger partial charge on any atom is 0.193 e. The van der Waals surface area contributed by atoms with Crippen molar-refractivity contribution in [2.24, 2.45) is 10.9 Å². The molecule has 0 aliphatic rings. The molecule has 0 atom stereocenters. The van der Waals surface area contributed by atoms with Crippen LogP contribution in [0.1, 0.15) is 25.2 Å². The molecule has 0 bridgehead atoms. The molecule has 27 heavy (non-hydrogen) atoms. The SMILES string of the molecule is CN=C(NCc1nccn1CC(C)C)N(C)CCOc1ccccc1C.I. The fourth-order valence-electron chi connectivity index (χ4n) is 2.73. The predicted molar refractivity (Wildman–Crippen MR) is 122 cm³/mol. The third-order valence-corrected chi connectivity index (χ3v) is 4.12. The Kier molecular flexibility index (Phi) is 10.2. The normalized spacial score (nSPS) is 11.3. The first-order valence-corrected chi connectivity index (χ1v) is 9.11. The fraction of sp³-hybridized carbons (Fsp3) is 0.500. The number of rotatable bonds is 8. The Morgan fingerprint density at radius 2 is 2.07 bits per heavy atom. The molecule has 1 heterocycles. The summed E-state index contributed by atoms with van der Waals surface area (Å²) in [5.41, 5.74) is 1.15. The van der Waals surface area contributed by atoms with Crippen molar-refractivity contribution < 1.29 is 4.74 Å². The first-order valence-electron chi connectivity index (χ1n) is 9.11. The summed E-state index contributed by atoms with van der Waals surface area (Å²) in [6.45, 7) is 9.43. The molecular formula is C20H32IN5O. The number of nitrogens with one attached hydrogen (secondary N) is 1. The second-order valence-corrected chi connectivity index (χ2v) is 6.83. The van der Waals surface area contributed by atoms with Crippen molar-refractivity contribution >= 4 is 29.9 Å². The second-order valence-electron chi connectivity index (χ2n) is 6.83. The van der Waals surface area contributed by atoms with Crippen molar-refractivity contribution in [3.63, 3.8) is 0 Å². The van der Waals surface area contributed by atoms with Crippen molar-refractivity contribution in [1.82, 2.24) is 19.8 Å². The van der Waals surface area contributed by atoms with Crippen molar-refractivity contribution in [2.45, 2.75) is 33.9 Å². The average molecular weight is 485 g/mol. The van der Waals surface area contributed by atoms with Gasteiger partial charge in [0.2, 0.25) is 0 Å². The van der Waals surface area contributed by atoms with E-state index in [9.17, 15) is 0 Å². The molecule has 7 heteroatoms. The molecule has 0 saturated carbocycles. The number of ether oxygens (including phenoxy) is 1. The summed E-state index contributed by atoms with van der Waals surface area (Å²) in [4.78, 5) is 10.9. The summed E-state index contributed by atoms with van der Waals surface area (Å²) in [5, 5.41) is 3.38. The second kappa shape index (κ2) is 11.8. The molecule has 6 nitrogen and oxygen atoms in total. The summed E-state index contributed by atoms with van der Waals surface area (Å²) in [6, 6.07) is 8.06. The van der Waals surface area contributed by atoms with E-state index in [0.717, 1.165) is 36.2 Å². The van der Waals surface area contributed by atoms with E-state index in [4.69, 9.17) is 4.74 Å². The lowest BCUT2D eigenvalue weighted by atomic mass is 10.2. The third kappa shape index (κ3) is 7.40. The van der Waals surface area contributed by atoms with Gasteiger partial charge in [0.25, 0.3) is 0 Å². The molecule has 0 fully saturated rings. The van der Waals surface area contributed by atoms with Gasteiger partial charge in [0.1, 0.15) is 18.2 Å². The highest BCUT2D eigenvalue weighted by Crippen LogP contribution is 2.15. The van der Waals surface area contributed by atoms with Crippen molar-refractivity contribution in [3.8, 4) is 5.75 Å². The number of hydrogen-bond donors (Lipinski definition) is 1. The number of para-hydroxylation sites is 1. The number of likely N-dealkylation sites (N-methyl/N-ethyl adjacent to an activating group) is 1. The zero-order chi connectivity index (χ0) is 18.9. The standard InChI is InChI=1S/C20H31N5O.HI/c1-16(2)15-25-11-10-22-19(25)14-23-20(21-4)24(5)12-13-26-18-9-7-6-8-17(18)3;/h6-11,16H,12-15H2,1-5H3,(H,21,23);1H. The summed E-state index contributed by atoms with van der Waals surface area (Å²) in [7, 11) is 3.80. The summed E-state index contributed by atoms with van der Waals surface area (Å²) < 4.78 is 8.06. The molecular weight excluding hydrogens is 453 g/mol. The maximum atomic E-state index is 5.87. The monoisotopic (exact) mass is 485 g/mol. The first kappa shape index (κ1) is 23.3. The number of hydrogen-bond acceptors (Lipinski definition) is 3. The quantitative estimate of drug-likeness (QED) is 0.353. The van der Waals surface area contributed by atoms with E-state index in [1.54, 1.807) is 7.05 Å². The maximum absolute atomic E-state index is 5.87. The Morgan fingerprint density at radius 3 is 2.74 bits per heavy atom. The number of aryl methyl sites for hydroxylation is 1. The van der Waals surface area contributed by atoms with Crippen LogP contribution in [0, 0.1) is 12.8 Å². The van der Waals surface area contributed by atoms with E-state index in [0.29, 0.717) is 19.1 Å². The largest absolute Gasteiger partial charge is 0.491 e. The number of imidazole rings is 1. The van der Waals surface area contributed by atoms with Crippen LogP contribution in [-0.2, 0) is 13.1 Å². The van der Waals surface area contributed by atoms with Gasteiger partial charge in [-0.3, -0.25) is 4.99 Å². The van der Waals surface area contributed by atoms with E-state index >= 15 is 0 Å². The van der Waals surface area contributed by atoms with Crippen LogP contribution in [0.4, 0.5) is 0 Å². The molecule has 0 aliphatic carbocycles. The highest BCUT2D eigenvalue weighted by atomic mass is 127. The lowest BCUT2D eigenvalue weighted by Gasteiger charge is -2.22. The van der Waals surface area contributed by atoms with Crippen LogP contribution in [0.15, 0.2) is 41.7 Å². The van der Waals surface area contributed by atoms with Gasteiger partial charge in [-0.2, -0.15) is 0 Å². The fourth-order valence-corrected chi connectivity index (χ4v) is 2.73. The number of aliphatic imine (C=N–C) groups is 1. The van der Waals surface area contributed by atoms with Gasteiger partial charge in [-0.1, -0.05) is 32.0 Å². The van der Waals surface area contributed by atoms with Gasteiger partial charge in [0.05, 0.1) is 13.1 Å². The van der Waals surface area contributed by atoms with E-state index in [2.05, 4.69) is 51.6 Å². The number of aromatic nitrogens is 2. The number of halogens is 1. The van der Waals surface area contributed by atoms with E-state index in [1.165, 1.54) is 0 Å². The van der Waals surface area contributed by atoms with Gasteiger partial charge in [-0.25, -0.2) is 4.98 Å². The molecule has 0 spiro atoms. The number of guanidine groups is 1. The Balaban J connectivity index is 0.00000364. The van der Waals surface area contributed by atoms with Crippen LogP contribution >= 0.6 is 24.0 Å². The topological polar surface area (TPSA) is 54.7 Å². The Bertz CT molecular complexity index is 714. The number of nitrogens with zero attached hydrogens (tertiary/aromatic N) is 4. The third-order valence-electron chi connectivity index (χ3n) is 4.12. The van der Waals surface area contributed by atoms with Crippen LogP contribution in [-0.4, -0.2) is 47.7 Å². The number of benzene rings is 1. The van der Waals surface area contributed by atoms with Crippen molar-refractivity contribution in [3.05, 3.63) is 48.0 Å². The molecule has 1 N–H and O–H groups in total. The van der Waals surface area contributed by atoms with Gasteiger partial charge >= 0.3 is 0 Å². The van der Waals surface area contributed by atoms with Crippen molar-refractivity contribution in [1.29, 1.82) is 0 Å². The summed E-state index contributed by atoms with van der Waals surface area (Å²) in [5.74, 6) is 3.37. The zero-order valence-corrected chi connectivity index (χ0v) is 19.3. The predicted octanol–water partition coefficient (Wildman–Crippen LogP) is 3.55. The molecule has 0 unspecified atom stereocenters. The minimum Gasteiger partial charge on any atom is -0.491 e. The molecule has 0 radical (unpaired) electrons. The van der Waals surface area contributed by atoms with Crippen LogP contribution in [0.25, 0.3) is 0 Å². The lowest BCUT2D eigenvalue weighted by molar-refractivity contribution is 0.279. The van der Waals surface area contributed by atoms with Gasteiger partial charge in [0.15, 0.2) is 5.96 Å². The average Bonchev–Trinajstić information content (AvgIpc) is 3.03. The van der Waals surface area contributed by atoms with E-state index in [1.807, 2.05) is 37.6 Å². The molecule has 2 rings (SSSR count). The Morgan fingerprint density at radius 1 is 1.33 bits per heavy atom. The van der Waals surface area contributed by atoms with E-state index in [-0.39, 0.29) is 24.0 Å². The molecule has 1 aromatic heterocycles. The molecule has 150 valence electrons. The molecule has 0 saturated heterocycles. The van der Waals surface area contributed by atoms with Crippen LogP contribution in [0.2, 0.25) is 0 Å². The zero-order valence-electron chi connectivity index (χ0n) is 17.0. The lowest BCUT2D eigenvalue weighted by Crippen LogP contribution is -2.41. The first-order chi connectivity index (χ1) is 12.5. The molecule has 2 aromatic rings. The van der Waals surface area contributed by atoms with Gasteiger partial charge < -0.3 is 19.5 Å². The Hall–Kier alpha value is -1.77. The highest BCUT2D eigenvalue weighted by molar-refractivity contribution is 14.0. The van der Waals surface area contributed by atoms with Crippen LogP contribution in [0.3, 0.4) is 0 Å². The minimum atomic E-state index is 0. The summed E-state index contributed by atoms with van der Waals surface area (Å²) in [6.07, 6.45) is 3.88. The van der Waals surface area contributed by atoms with E-state index < -0.39 is 0 Å². The Labute approximate surface area is 180 Å². The van der Waals surface area contributed by atoms with Gasteiger partial charge in [0, 0.05) is 33.0 Å². The molecule has 0 amide bonds. The highest BCUT2D eigenvalue weighted by Gasteiger charge is 2.09. The smallest absolute Gasteiger partial charge is 0.193 e. The van der Waals surface area contributed by atoms with Gasteiger partial charge in [-0.15, -0.1) is 24.0 Å². The molecule has 0 aliphatic heterocycles. The summed E-state index contributed by atoms with van der Waals surface area (Å²) >= 11 is 0. The van der Waals surface area contributed by atoms with Crippen LogP contribution < -0.4 is 10.1 Å². The van der Waals surface area contributed by atoms with Crippen molar-refractivity contribution in [2.75, 3.05) is 27.2 Å². The van der Waals surface area contributed by atoms with Crippen LogP contribution in [0.5, 0.6) is 5.75 Å². The van der Waals surface area contributed by atoms with Gasteiger partial charge in [-0.05, 0) is 24.5 Å². The minimum absolute atomic E-state index is 0. The molecule has 1 aromatic carbocycles.